The second-order valence-electron chi connectivity index (χ2n) is 4.94. The van der Waals surface area contributed by atoms with Crippen molar-refractivity contribution in [2.75, 3.05) is 32.7 Å². The summed E-state index contributed by atoms with van der Waals surface area (Å²) in [4.78, 5) is 14.9. The Morgan fingerprint density at radius 2 is 1.89 bits per heavy atom. The molecule has 0 aromatic heterocycles. The van der Waals surface area contributed by atoms with Crippen molar-refractivity contribution >= 4 is 5.91 Å². The third-order valence-electron chi connectivity index (χ3n) is 3.37. The third kappa shape index (κ3) is 5.36. The van der Waals surface area contributed by atoms with E-state index in [2.05, 4.69) is 0 Å². The molecule has 0 radical (unpaired) electrons. The van der Waals surface area contributed by atoms with Crippen molar-refractivity contribution < 1.29 is 18.0 Å². The molecule has 1 fully saturated rings. The Hall–Kier alpha value is -0.820. The van der Waals surface area contributed by atoms with Crippen molar-refractivity contribution in [1.82, 2.24) is 9.80 Å². The van der Waals surface area contributed by atoms with Crippen molar-refractivity contribution in [1.29, 1.82) is 0 Å². The monoisotopic (exact) mass is 281 g/mol. The maximum atomic E-state index is 12.5. The lowest BCUT2D eigenvalue weighted by Gasteiger charge is -2.34. The number of nitrogens with two attached hydrogens (primary N) is 1. The average molecular weight is 281 g/mol. The number of amides is 1. The first-order chi connectivity index (χ1) is 8.85. The van der Waals surface area contributed by atoms with Gasteiger partial charge in [-0.2, -0.15) is 13.2 Å². The van der Waals surface area contributed by atoms with E-state index in [0.717, 1.165) is 24.2 Å². The molecule has 0 aliphatic carbocycles. The maximum Gasteiger partial charge on any atom is 0.401 e. The Morgan fingerprint density at radius 3 is 2.37 bits per heavy atom. The number of halogens is 3. The van der Waals surface area contributed by atoms with E-state index >= 15 is 0 Å². The molecule has 112 valence electrons. The summed E-state index contributed by atoms with van der Waals surface area (Å²) in [5.41, 5.74) is 5.33. The van der Waals surface area contributed by atoms with Crippen LogP contribution < -0.4 is 5.73 Å². The average Bonchev–Trinajstić information content (AvgIpc) is 2.36. The summed E-state index contributed by atoms with van der Waals surface area (Å²) in [6.45, 7) is 1.90. The van der Waals surface area contributed by atoms with Gasteiger partial charge in [-0.3, -0.25) is 9.69 Å². The molecule has 7 heteroatoms. The van der Waals surface area contributed by atoms with E-state index in [-0.39, 0.29) is 19.0 Å². The summed E-state index contributed by atoms with van der Waals surface area (Å²) in [5.74, 6) is -0.225. The molecule has 1 unspecified atom stereocenters. The number of carbonyl (C=O) groups is 1. The van der Waals surface area contributed by atoms with E-state index in [1.807, 2.05) is 0 Å². The van der Waals surface area contributed by atoms with Gasteiger partial charge in [0.25, 0.3) is 0 Å². The minimum atomic E-state index is -4.31. The normalized spacial score (nSPS) is 18.7. The predicted octanol–water partition coefficient (Wildman–Crippen LogP) is 1.21. The smallest absolute Gasteiger partial charge is 0.341 e. The van der Waals surface area contributed by atoms with Crippen molar-refractivity contribution in [2.24, 2.45) is 5.73 Å². The Kier molecular flexibility index (Phi) is 6.06. The zero-order valence-electron chi connectivity index (χ0n) is 11.2. The van der Waals surface area contributed by atoms with Gasteiger partial charge in [-0.15, -0.1) is 0 Å². The molecule has 1 saturated heterocycles. The van der Waals surface area contributed by atoms with E-state index < -0.39 is 18.8 Å². The maximum absolute atomic E-state index is 12.5. The Bertz CT molecular complexity index is 290. The number of nitrogens with zero attached hydrogens (tertiary/aromatic N) is 2. The molecule has 0 saturated carbocycles. The lowest BCUT2D eigenvalue weighted by atomic mass is 10.1. The van der Waals surface area contributed by atoms with Crippen molar-refractivity contribution in [3.8, 4) is 0 Å². The zero-order valence-corrected chi connectivity index (χ0v) is 11.2. The first-order valence-electron chi connectivity index (χ1n) is 6.65. The summed E-state index contributed by atoms with van der Waals surface area (Å²) in [6, 6.07) is -0.775. The van der Waals surface area contributed by atoms with Gasteiger partial charge in [0, 0.05) is 26.2 Å². The van der Waals surface area contributed by atoms with Crippen LogP contribution in [0.5, 0.6) is 0 Å². The lowest BCUT2D eigenvalue weighted by molar-refractivity contribution is -0.157. The van der Waals surface area contributed by atoms with Crippen LogP contribution in [0, 0.1) is 0 Å². The van der Waals surface area contributed by atoms with Crippen LogP contribution in [0.15, 0.2) is 0 Å². The molecule has 4 nitrogen and oxygen atoms in total. The Labute approximate surface area is 111 Å². The molecular weight excluding hydrogens is 259 g/mol. The molecule has 1 amide bonds. The summed E-state index contributed by atoms with van der Waals surface area (Å²) in [7, 11) is 0. The fraction of sp³-hybridized carbons (Fsp3) is 0.917. The molecule has 1 heterocycles. The number of piperidine rings is 1. The molecule has 1 atom stereocenters. The largest absolute Gasteiger partial charge is 0.401 e. The standard InChI is InChI=1S/C12H22F3N3O/c1-10(11(19)17-6-3-2-4-7-17)18(8-5-16)9-12(13,14)15/h10H,2-9,16H2,1H3. The minimum Gasteiger partial charge on any atom is -0.341 e. The van der Waals surface area contributed by atoms with Crippen LogP contribution in [0.2, 0.25) is 0 Å². The highest BCUT2D eigenvalue weighted by atomic mass is 19.4. The van der Waals surface area contributed by atoms with E-state index in [4.69, 9.17) is 5.73 Å². The van der Waals surface area contributed by atoms with Crippen LogP contribution in [-0.2, 0) is 4.79 Å². The lowest BCUT2D eigenvalue weighted by Crippen LogP contribution is -2.52. The quantitative estimate of drug-likeness (QED) is 0.824. The molecule has 1 aliphatic heterocycles. The van der Waals surface area contributed by atoms with Gasteiger partial charge in [-0.25, -0.2) is 0 Å². The van der Waals surface area contributed by atoms with Crippen molar-refractivity contribution in [3.63, 3.8) is 0 Å². The SMILES string of the molecule is CC(C(=O)N1CCCCC1)N(CCN)CC(F)(F)F. The molecule has 0 aromatic carbocycles. The van der Waals surface area contributed by atoms with Gasteiger partial charge >= 0.3 is 6.18 Å². The van der Waals surface area contributed by atoms with Gasteiger partial charge < -0.3 is 10.6 Å². The van der Waals surface area contributed by atoms with Crippen molar-refractivity contribution in [3.05, 3.63) is 0 Å². The molecule has 0 aromatic rings. The zero-order chi connectivity index (χ0) is 14.5. The molecule has 1 rings (SSSR count). The molecule has 0 bridgehead atoms. The highest BCUT2D eigenvalue weighted by Crippen LogP contribution is 2.19. The topological polar surface area (TPSA) is 49.6 Å². The molecule has 0 spiro atoms. The summed E-state index contributed by atoms with van der Waals surface area (Å²) in [6.07, 6.45) is -1.39. The second-order valence-corrected chi connectivity index (χ2v) is 4.94. The van der Waals surface area contributed by atoms with Gasteiger partial charge in [-0.1, -0.05) is 0 Å². The number of rotatable bonds is 5. The highest BCUT2D eigenvalue weighted by Gasteiger charge is 2.35. The summed E-state index contributed by atoms with van der Waals surface area (Å²) >= 11 is 0. The molecular formula is C12H22F3N3O. The van der Waals surface area contributed by atoms with Crippen LogP contribution in [0.3, 0.4) is 0 Å². The van der Waals surface area contributed by atoms with Gasteiger partial charge in [0.05, 0.1) is 12.6 Å². The second kappa shape index (κ2) is 7.09. The highest BCUT2D eigenvalue weighted by molar-refractivity contribution is 5.81. The fourth-order valence-corrected chi connectivity index (χ4v) is 2.34. The van der Waals surface area contributed by atoms with Crippen LogP contribution in [0.25, 0.3) is 0 Å². The summed E-state index contributed by atoms with van der Waals surface area (Å²) in [5, 5.41) is 0. The fourth-order valence-electron chi connectivity index (χ4n) is 2.34. The number of alkyl halides is 3. The van der Waals surface area contributed by atoms with E-state index in [1.54, 1.807) is 4.90 Å². The number of hydrogen-bond acceptors (Lipinski definition) is 3. The number of hydrogen-bond donors (Lipinski definition) is 1. The van der Waals surface area contributed by atoms with Gasteiger partial charge in [0.2, 0.25) is 5.91 Å². The van der Waals surface area contributed by atoms with Crippen LogP contribution >= 0.6 is 0 Å². The van der Waals surface area contributed by atoms with Gasteiger partial charge in [0.1, 0.15) is 0 Å². The first kappa shape index (κ1) is 16.2. The van der Waals surface area contributed by atoms with Gasteiger partial charge in [0.15, 0.2) is 0 Å². The van der Waals surface area contributed by atoms with E-state index in [9.17, 15) is 18.0 Å². The molecule has 1 aliphatic rings. The molecule has 19 heavy (non-hydrogen) atoms. The first-order valence-corrected chi connectivity index (χ1v) is 6.65. The van der Waals surface area contributed by atoms with Gasteiger partial charge in [-0.05, 0) is 26.2 Å². The Morgan fingerprint density at radius 1 is 1.32 bits per heavy atom. The van der Waals surface area contributed by atoms with Crippen LogP contribution in [0.4, 0.5) is 13.2 Å². The van der Waals surface area contributed by atoms with E-state index in [1.165, 1.54) is 6.92 Å². The predicted molar refractivity (Wildman–Crippen MR) is 66.6 cm³/mol. The Balaban J connectivity index is 2.63. The third-order valence-corrected chi connectivity index (χ3v) is 3.37. The summed E-state index contributed by atoms with van der Waals surface area (Å²) < 4.78 is 37.5. The molecule has 2 N–H and O–H groups in total. The number of likely N-dealkylation sites (tertiary alicyclic amines) is 1. The van der Waals surface area contributed by atoms with Crippen LogP contribution in [0.1, 0.15) is 26.2 Å². The number of carbonyl (C=O) groups excluding carboxylic acids is 1. The minimum absolute atomic E-state index is 0.0697. The van der Waals surface area contributed by atoms with Crippen molar-refractivity contribution in [2.45, 2.75) is 38.4 Å². The van der Waals surface area contributed by atoms with Crippen LogP contribution in [-0.4, -0.2) is 60.6 Å². The van der Waals surface area contributed by atoms with E-state index in [0.29, 0.717) is 13.1 Å².